The number of methoxy groups -OCH3 is 1. The van der Waals surface area contributed by atoms with E-state index in [2.05, 4.69) is 10.3 Å². The molecule has 2 amide bonds. The first kappa shape index (κ1) is 20.7. The van der Waals surface area contributed by atoms with Gasteiger partial charge in [-0.1, -0.05) is 17.7 Å². The SMILES string of the molecule is CCn1c(C(C)N(C)C(=O)Nc2cccc(OC)c2)nc2ccc(Cl)cc2c1=O. The van der Waals surface area contributed by atoms with Crippen LogP contribution in [0.25, 0.3) is 10.9 Å². The molecule has 8 heteroatoms. The smallest absolute Gasteiger partial charge is 0.322 e. The van der Waals surface area contributed by atoms with Crippen molar-refractivity contribution in [1.82, 2.24) is 14.5 Å². The maximum absolute atomic E-state index is 12.9. The maximum atomic E-state index is 12.9. The van der Waals surface area contributed by atoms with Gasteiger partial charge in [-0.05, 0) is 44.2 Å². The van der Waals surface area contributed by atoms with Crippen LogP contribution < -0.4 is 15.6 Å². The molecule has 1 N–H and O–H groups in total. The Bertz CT molecular complexity index is 1110. The van der Waals surface area contributed by atoms with Gasteiger partial charge in [0, 0.05) is 30.4 Å². The first-order valence-electron chi connectivity index (χ1n) is 9.23. The highest BCUT2D eigenvalue weighted by Gasteiger charge is 2.23. The van der Waals surface area contributed by atoms with E-state index in [1.54, 1.807) is 61.2 Å². The molecule has 0 saturated heterocycles. The maximum Gasteiger partial charge on any atom is 0.322 e. The van der Waals surface area contributed by atoms with Crippen LogP contribution in [-0.4, -0.2) is 34.6 Å². The Morgan fingerprint density at radius 1 is 1.31 bits per heavy atom. The van der Waals surface area contributed by atoms with Gasteiger partial charge in [0.25, 0.3) is 5.56 Å². The molecule has 2 aromatic carbocycles. The number of fused-ring (bicyclic) bond motifs is 1. The van der Waals surface area contributed by atoms with Gasteiger partial charge in [-0.25, -0.2) is 9.78 Å². The van der Waals surface area contributed by atoms with E-state index >= 15 is 0 Å². The van der Waals surface area contributed by atoms with Gasteiger partial charge < -0.3 is 15.0 Å². The number of urea groups is 1. The fraction of sp³-hybridized carbons (Fsp3) is 0.286. The number of nitrogens with one attached hydrogen (secondary N) is 1. The van der Waals surface area contributed by atoms with Gasteiger partial charge in [-0.15, -0.1) is 0 Å². The van der Waals surface area contributed by atoms with E-state index in [-0.39, 0.29) is 11.6 Å². The lowest BCUT2D eigenvalue weighted by atomic mass is 10.2. The quantitative estimate of drug-likeness (QED) is 0.675. The van der Waals surface area contributed by atoms with Crippen LogP contribution in [0.3, 0.4) is 0 Å². The first-order chi connectivity index (χ1) is 13.8. The van der Waals surface area contributed by atoms with Crippen molar-refractivity contribution in [2.75, 3.05) is 19.5 Å². The molecule has 3 aromatic rings. The number of aromatic nitrogens is 2. The lowest BCUT2D eigenvalue weighted by Crippen LogP contribution is -2.37. The van der Waals surface area contributed by atoms with Crippen molar-refractivity contribution in [3.63, 3.8) is 0 Å². The third kappa shape index (κ3) is 4.19. The Morgan fingerprint density at radius 2 is 2.07 bits per heavy atom. The normalized spacial score (nSPS) is 11.9. The van der Waals surface area contributed by atoms with Gasteiger partial charge >= 0.3 is 6.03 Å². The second-order valence-corrected chi connectivity index (χ2v) is 7.07. The van der Waals surface area contributed by atoms with E-state index in [0.717, 1.165) is 0 Å². The van der Waals surface area contributed by atoms with Gasteiger partial charge in [0.2, 0.25) is 0 Å². The second-order valence-electron chi connectivity index (χ2n) is 6.63. The summed E-state index contributed by atoms with van der Waals surface area (Å²) in [6.45, 7) is 4.13. The Hall–Kier alpha value is -3.06. The van der Waals surface area contributed by atoms with Crippen LogP contribution in [0.2, 0.25) is 5.02 Å². The highest BCUT2D eigenvalue weighted by Crippen LogP contribution is 2.22. The molecule has 152 valence electrons. The third-order valence-electron chi connectivity index (χ3n) is 4.86. The Morgan fingerprint density at radius 3 is 2.76 bits per heavy atom. The number of hydrogen-bond acceptors (Lipinski definition) is 4. The molecule has 1 aromatic heterocycles. The number of hydrogen-bond donors (Lipinski definition) is 1. The zero-order chi connectivity index (χ0) is 21.1. The van der Waals surface area contributed by atoms with Gasteiger partial charge in [0.05, 0.1) is 24.1 Å². The molecule has 0 bridgehead atoms. The molecule has 0 radical (unpaired) electrons. The van der Waals surface area contributed by atoms with Gasteiger partial charge in [-0.2, -0.15) is 0 Å². The van der Waals surface area contributed by atoms with Gasteiger partial charge in [0.15, 0.2) is 0 Å². The topological polar surface area (TPSA) is 76.5 Å². The molecule has 1 unspecified atom stereocenters. The molecular formula is C21H23ClN4O3. The van der Waals surface area contributed by atoms with Gasteiger partial charge in [-0.3, -0.25) is 9.36 Å². The number of anilines is 1. The number of carbonyl (C=O) groups is 1. The van der Waals surface area contributed by atoms with E-state index in [1.165, 1.54) is 4.90 Å². The molecule has 7 nitrogen and oxygen atoms in total. The van der Waals surface area contributed by atoms with Crippen LogP contribution in [0.5, 0.6) is 5.75 Å². The molecule has 1 heterocycles. The number of halogens is 1. The molecule has 3 rings (SSSR count). The summed E-state index contributed by atoms with van der Waals surface area (Å²) in [5.74, 6) is 1.16. The second kappa shape index (κ2) is 8.53. The van der Waals surface area contributed by atoms with Crippen LogP contribution in [0.15, 0.2) is 47.3 Å². The minimum atomic E-state index is -0.437. The van der Waals surface area contributed by atoms with Crippen molar-refractivity contribution in [2.24, 2.45) is 0 Å². The van der Waals surface area contributed by atoms with Crippen molar-refractivity contribution in [2.45, 2.75) is 26.4 Å². The van der Waals surface area contributed by atoms with E-state index in [4.69, 9.17) is 16.3 Å². The summed E-state index contributed by atoms with van der Waals surface area (Å²) in [5, 5.41) is 3.78. The Labute approximate surface area is 173 Å². The zero-order valence-corrected chi connectivity index (χ0v) is 17.5. The van der Waals surface area contributed by atoms with Crippen LogP contribution in [0, 0.1) is 0 Å². The van der Waals surface area contributed by atoms with E-state index in [0.29, 0.717) is 39.7 Å². The molecule has 1 atom stereocenters. The minimum absolute atomic E-state index is 0.177. The highest BCUT2D eigenvalue weighted by molar-refractivity contribution is 6.31. The molecule has 0 aliphatic carbocycles. The fourth-order valence-electron chi connectivity index (χ4n) is 3.10. The van der Waals surface area contributed by atoms with E-state index in [9.17, 15) is 9.59 Å². The Kier molecular flexibility index (Phi) is 6.08. The summed E-state index contributed by atoms with van der Waals surface area (Å²) < 4.78 is 6.75. The van der Waals surface area contributed by atoms with Crippen LogP contribution in [0.4, 0.5) is 10.5 Å². The van der Waals surface area contributed by atoms with Crippen LogP contribution in [0.1, 0.15) is 25.7 Å². The fourth-order valence-corrected chi connectivity index (χ4v) is 3.27. The minimum Gasteiger partial charge on any atom is -0.497 e. The summed E-state index contributed by atoms with van der Waals surface area (Å²) in [6, 6.07) is 11.4. The summed E-state index contributed by atoms with van der Waals surface area (Å²) >= 11 is 6.03. The lowest BCUT2D eigenvalue weighted by Gasteiger charge is -2.27. The predicted octanol–water partition coefficient (Wildman–Crippen LogP) is 4.30. The average Bonchev–Trinajstić information content (AvgIpc) is 2.73. The number of carbonyl (C=O) groups excluding carboxylic acids is 1. The summed E-state index contributed by atoms with van der Waals surface area (Å²) in [7, 11) is 3.23. The summed E-state index contributed by atoms with van der Waals surface area (Å²) in [6.07, 6.45) is 0. The van der Waals surface area contributed by atoms with E-state index < -0.39 is 6.04 Å². The summed E-state index contributed by atoms with van der Waals surface area (Å²) in [5.41, 5.74) is 0.985. The molecule has 0 spiro atoms. The molecule has 0 aliphatic heterocycles. The lowest BCUT2D eigenvalue weighted by molar-refractivity contribution is 0.204. The molecule has 0 saturated carbocycles. The number of benzene rings is 2. The number of rotatable bonds is 5. The van der Waals surface area contributed by atoms with Crippen molar-refractivity contribution in [3.05, 3.63) is 63.7 Å². The predicted molar refractivity (Wildman–Crippen MR) is 115 cm³/mol. The van der Waals surface area contributed by atoms with Crippen molar-refractivity contribution in [3.8, 4) is 5.75 Å². The van der Waals surface area contributed by atoms with Gasteiger partial charge in [0.1, 0.15) is 11.6 Å². The zero-order valence-electron chi connectivity index (χ0n) is 16.8. The Balaban J connectivity index is 1.93. The monoisotopic (exact) mass is 414 g/mol. The van der Waals surface area contributed by atoms with Crippen LogP contribution in [-0.2, 0) is 6.54 Å². The van der Waals surface area contributed by atoms with Crippen molar-refractivity contribution < 1.29 is 9.53 Å². The van der Waals surface area contributed by atoms with E-state index in [1.807, 2.05) is 13.8 Å². The molecular weight excluding hydrogens is 392 g/mol. The number of ether oxygens (including phenoxy) is 1. The molecule has 29 heavy (non-hydrogen) atoms. The van der Waals surface area contributed by atoms with Crippen molar-refractivity contribution in [1.29, 1.82) is 0 Å². The average molecular weight is 415 g/mol. The third-order valence-corrected chi connectivity index (χ3v) is 5.09. The van der Waals surface area contributed by atoms with Crippen LogP contribution >= 0.6 is 11.6 Å². The number of nitrogens with zero attached hydrogens (tertiary/aromatic N) is 3. The van der Waals surface area contributed by atoms with Crippen molar-refractivity contribution >= 4 is 34.2 Å². The molecule has 0 fully saturated rings. The standard InChI is InChI=1S/C21H23ClN4O3/c1-5-26-19(24-18-10-9-14(22)11-17(18)20(26)27)13(2)25(3)21(28)23-15-7-6-8-16(12-15)29-4/h6-13H,5H2,1-4H3,(H,23,28). The highest BCUT2D eigenvalue weighted by atomic mass is 35.5. The molecule has 0 aliphatic rings. The number of amides is 2. The first-order valence-corrected chi connectivity index (χ1v) is 9.61. The summed E-state index contributed by atoms with van der Waals surface area (Å²) in [4.78, 5) is 31.8. The largest absolute Gasteiger partial charge is 0.497 e.